The van der Waals surface area contributed by atoms with Crippen molar-refractivity contribution in [3.63, 3.8) is 0 Å². The minimum Gasteiger partial charge on any atom is -0.479 e. The van der Waals surface area contributed by atoms with Crippen LogP contribution in [-0.2, 0) is 14.4 Å². The maximum atomic E-state index is 12.0. The van der Waals surface area contributed by atoms with Crippen LogP contribution in [0.5, 0.6) is 0 Å². The van der Waals surface area contributed by atoms with E-state index in [1.165, 1.54) is 0 Å². The number of oxime groups is 1. The number of benzene rings is 1. The molecule has 0 aromatic heterocycles. The molecule has 1 aromatic carbocycles. The first-order valence-corrected chi connectivity index (χ1v) is 6.91. The Kier molecular flexibility index (Phi) is 4.80. The van der Waals surface area contributed by atoms with E-state index >= 15 is 0 Å². The molecule has 1 aliphatic heterocycles. The van der Waals surface area contributed by atoms with Gasteiger partial charge in [0.15, 0.2) is 0 Å². The van der Waals surface area contributed by atoms with Crippen LogP contribution >= 0.6 is 11.6 Å². The van der Waals surface area contributed by atoms with Gasteiger partial charge < -0.3 is 14.8 Å². The van der Waals surface area contributed by atoms with Crippen LogP contribution in [0.2, 0.25) is 5.02 Å². The molecule has 6 nitrogen and oxygen atoms in total. The van der Waals surface area contributed by atoms with E-state index in [-0.39, 0.29) is 5.91 Å². The monoisotopic (exact) mass is 310 g/mol. The SMILES string of the molecule is CCC(=O)N1CCC(=NOCC(=O)O)c2cc(Cl)ccc21. The lowest BCUT2D eigenvalue weighted by Gasteiger charge is -2.30. The highest BCUT2D eigenvalue weighted by atomic mass is 35.5. The van der Waals surface area contributed by atoms with Gasteiger partial charge in [-0.2, -0.15) is 0 Å². The van der Waals surface area contributed by atoms with Gasteiger partial charge in [-0.15, -0.1) is 0 Å². The Morgan fingerprint density at radius 3 is 2.90 bits per heavy atom. The number of halogens is 1. The van der Waals surface area contributed by atoms with Crippen LogP contribution in [0.4, 0.5) is 5.69 Å². The third kappa shape index (κ3) is 3.52. The molecule has 2 rings (SSSR count). The fourth-order valence-electron chi connectivity index (χ4n) is 2.16. The average Bonchev–Trinajstić information content (AvgIpc) is 2.46. The Morgan fingerprint density at radius 1 is 1.48 bits per heavy atom. The number of amides is 1. The van der Waals surface area contributed by atoms with E-state index < -0.39 is 12.6 Å². The summed E-state index contributed by atoms with van der Waals surface area (Å²) in [4.78, 5) is 28.9. The van der Waals surface area contributed by atoms with Crippen LogP contribution in [0.25, 0.3) is 0 Å². The number of nitrogens with zero attached hydrogens (tertiary/aromatic N) is 2. The maximum Gasteiger partial charge on any atom is 0.344 e. The first-order chi connectivity index (χ1) is 10.0. The number of carbonyl (C=O) groups is 2. The molecule has 1 amide bonds. The van der Waals surface area contributed by atoms with Gasteiger partial charge in [0.2, 0.25) is 12.5 Å². The third-order valence-corrected chi connectivity index (χ3v) is 3.33. The summed E-state index contributed by atoms with van der Waals surface area (Å²) in [5, 5.41) is 12.9. The van der Waals surface area contributed by atoms with Crippen molar-refractivity contribution < 1.29 is 19.5 Å². The number of aliphatic carboxylic acids is 1. The fraction of sp³-hybridized carbons (Fsp3) is 0.357. The third-order valence-electron chi connectivity index (χ3n) is 3.10. The van der Waals surface area contributed by atoms with E-state index in [1.54, 1.807) is 30.0 Å². The number of rotatable bonds is 4. The Morgan fingerprint density at radius 2 is 2.24 bits per heavy atom. The van der Waals surface area contributed by atoms with Crippen molar-refractivity contribution in [3.8, 4) is 0 Å². The van der Waals surface area contributed by atoms with Gasteiger partial charge in [0.1, 0.15) is 0 Å². The van der Waals surface area contributed by atoms with Gasteiger partial charge in [-0.1, -0.05) is 23.7 Å². The largest absolute Gasteiger partial charge is 0.479 e. The van der Waals surface area contributed by atoms with Gasteiger partial charge >= 0.3 is 5.97 Å². The number of hydrogen-bond donors (Lipinski definition) is 1. The lowest BCUT2D eigenvalue weighted by Crippen LogP contribution is -2.37. The zero-order valence-corrected chi connectivity index (χ0v) is 12.3. The van der Waals surface area contributed by atoms with Gasteiger partial charge in [0.25, 0.3) is 0 Å². The van der Waals surface area contributed by atoms with Crippen molar-refractivity contribution >= 4 is 34.9 Å². The second kappa shape index (κ2) is 6.58. The summed E-state index contributed by atoms with van der Waals surface area (Å²) in [6.45, 7) is 1.78. The molecule has 0 aliphatic carbocycles. The second-order valence-corrected chi connectivity index (χ2v) is 4.95. The Balaban J connectivity index is 2.34. The van der Waals surface area contributed by atoms with E-state index in [4.69, 9.17) is 21.5 Å². The topological polar surface area (TPSA) is 79.2 Å². The standard InChI is InChI=1S/C14H15ClN2O4/c1-2-13(18)17-6-5-11(16-21-8-14(19)20)10-7-9(15)3-4-12(10)17/h3-4,7H,2,5-6,8H2,1H3,(H,19,20). The summed E-state index contributed by atoms with van der Waals surface area (Å²) in [7, 11) is 0. The predicted octanol–water partition coefficient (Wildman–Crippen LogP) is 2.29. The summed E-state index contributed by atoms with van der Waals surface area (Å²) < 4.78 is 0. The summed E-state index contributed by atoms with van der Waals surface area (Å²) in [6, 6.07) is 5.17. The van der Waals surface area contributed by atoms with Crippen LogP contribution in [-0.4, -0.2) is 35.8 Å². The van der Waals surface area contributed by atoms with Crippen molar-refractivity contribution in [1.29, 1.82) is 0 Å². The van der Waals surface area contributed by atoms with Crippen LogP contribution in [0.3, 0.4) is 0 Å². The van der Waals surface area contributed by atoms with Crippen molar-refractivity contribution in [1.82, 2.24) is 0 Å². The molecule has 0 unspecified atom stereocenters. The highest BCUT2D eigenvalue weighted by Crippen LogP contribution is 2.30. The molecule has 7 heteroatoms. The van der Waals surface area contributed by atoms with Gasteiger partial charge in [-0.25, -0.2) is 4.79 Å². The van der Waals surface area contributed by atoms with E-state index in [0.717, 1.165) is 5.69 Å². The average molecular weight is 311 g/mol. The minimum atomic E-state index is -1.09. The maximum absolute atomic E-state index is 12.0. The first kappa shape index (κ1) is 15.3. The van der Waals surface area contributed by atoms with Crippen LogP contribution < -0.4 is 4.90 Å². The lowest BCUT2D eigenvalue weighted by molar-refractivity contribution is -0.142. The molecule has 1 aromatic rings. The molecule has 21 heavy (non-hydrogen) atoms. The molecular formula is C14H15ClN2O4. The molecule has 0 bridgehead atoms. The number of fused-ring (bicyclic) bond motifs is 1. The molecule has 0 spiro atoms. The molecule has 1 aliphatic rings. The molecule has 1 heterocycles. The summed E-state index contributed by atoms with van der Waals surface area (Å²) in [5.41, 5.74) is 2.00. The second-order valence-electron chi connectivity index (χ2n) is 4.52. The summed E-state index contributed by atoms with van der Waals surface area (Å²) in [5.74, 6) is -1.08. The normalized spacial score (nSPS) is 15.7. The van der Waals surface area contributed by atoms with Gasteiger partial charge in [-0.05, 0) is 18.2 Å². The Hall–Kier alpha value is -2.08. The molecule has 112 valence electrons. The van der Waals surface area contributed by atoms with Gasteiger partial charge in [-0.3, -0.25) is 4.79 Å². The highest BCUT2D eigenvalue weighted by molar-refractivity contribution is 6.31. The number of carboxylic acids is 1. The molecular weight excluding hydrogens is 296 g/mol. The molecule has 0 saturated carbocycles. The minimum absolute atomic E-state index is 0.0177. The fourth-order valence-corrected chi connectivity index (χ4v) is 2.33. The van der Waals surface area contributed by atoms with E-state index in [2.05, 4.69) is 5.16 Å². The molecule has 0 saturated heterocycles. The van der Waals surface area contributed by atoms with Crippen molar-refractivity contribution in [2.45, 2.75) is 19.8 Å². The predicted molar refractivity (Wildman–Crippen MR) is 78.8 cm³/mol. The van der Waals surface area contributed by atoms with Gasteiger partial charge in [0, 0.05) is 30.0 Å². The number of hydrogen-bond acceptors (Lipinski definition) is 4. The smallest absolute Gasteiger partial charge is 0.344 e. The van der Waals surface area contributed by atoms with Crippen LogP contribution in [0.15, 0.2) is 23.4 Å². The van der Waals surface area contributed by atoms with Crippen molar-refractivity contribution in [3.05, 3.63) is 28.8 Å². The van der Waals surface area contributed by atoms with E-state index in [0.29, 0.717) is 35.7 Å². The molecule has 0 radical (unpaired) electrons. The molecule has 1 N–H and O–H groups in total. The molecule has 0 fully saturated rings. The van der Waals surface area contributed by atoms with E-state index in [1.807, 2.05) is 0 Å². The van der Waals surface area contributed by atoms with Crippen LogP contribution in [0, 0.1) is 0 Å². The Bertz CT molecular complexity index is 601. The van der Waals surface area contributed by atoms with Gasteiger partial charge in [0.05, 0.1) is 11.4 Å². The Labute approximate surface area is 126 Å². The number of carbonyl (C=O) groups excluding carboxylic acids is 1. The first-order valence-electron chi connectivity index (χ1n) is 6.53. The van der Waals surface area contributed by atoms with E-state index in [9.17, 15) is 9.59 Å². The molecule has 0 atom stereocenters. The van der Waals surface area contributed by atoms with Crippen molar-refractivity contribution in [2.24, 2.45) is 5.16 Å². The highest BCUT2D eigenvalue weighted by Gasteiger charge is 2.26. The zero-order chi connectivity index (χ0) is 15.4. The number of carboxylic acid groups (broad SMARTS) is 1. The summed E-state index contributed by atoms with van der Waals surface area (Å²) >= 11 is 5.99. The quantitative estimate of drug-likeness (QED) is 0.865. The summed E-state index contributed by atoms with van der Waals surface area (Å²) in [6.07, 6.45) is 0.892. The zero-order valence-electron chi connectivity index (χ0n) is 11.5. The van der Waals surface area contributed by atoms with Crippen molar-refractivity contribution in [2.75, 3.05) is 18.1 Å². The number of anilines is 1. The lowest BCUT2D eigenvalue weighted by atomic mass is 9.99. The van der Waals surface area contributed by atoms with Crippen LogP contribution in [0.1, 0.15) is 25.3 Å².